The third kappa shape index (κ3) is 7.75. The molecule has 16 heavy (non-hydrogen) atoms. The molecule has 2 heteroatoms. The molecule has 1 rings (SSSR count). The van der Waals surface area contributed by atoms with Gasteiger partial charge in [0.05, 0.1) is 0 Å². The highest BCUT2D eigenvalue weighted by molar-refractivity contribution is 5.23. The van der Waals surface area contributed by atoms with E-state index in [0.717, 1.165) is 13.1 Å². The number of nitrogens with one attached hydrogen (secondary N) is 1. The highest BCUT2D eigenvalue weighted by atomic mass is 14.9. The predicted molar refractivity (Wildman–Crippen MR) is 73.4 cm³/mol. The fourth-order valence-corrected chi connectivity index (χ4v) is 1.73. The first kappa shape index (κ1) is 15.5. The van der Waals surface area contributed by atoms with Gasteiger partial charge >= 0.3 is 0 Å². The average molecular weight is 226 g/mol. The van der Waals surface area contributed by atoms with Gasteiger partial charge in [0.25, 0.3) is 0 Å². The molecule has 96 valence electrons. The topological polar surface area (TPSA) is 38.0 Å². The molecule has 1 saturated carbocycles. The summed E-state index contributed by atoms with van der Waals surface area (Å²) in [6.07, 6.45) is 8.93. The third-order valence-corrected chi connectivity index (χ3v) is 2.75. The highest BCUT2D eigenvalue weighted by Crippen LogP contribution is 2.31. The van der Waals surface area contributed by atoms with Gasteiger partial charge in [-0.25, -0.2) is 0 Å². The van der Waals surface area contributed by atoms with E-state index in [9.17, 15) is 0 Å². The van der Waals surface area contributed by atoms with Crippen LogP contribution in [-0.2, 0) is 0 Å². The maximum Gasteiger partial charge on any atom is 0.0143 e. The van der Waals surface area contributed by atoms with Crippen LogP contribution in [0.3, 0.4) is 0 Å². The summed E-state index contributed by atoms with van der Waals surface area (Å²) in [7, 11) is 0. The lowest BCUT2D eigenvalue weighted by Gasteiger charge is -2.08. The maximum absolute atomic E-state index is 5.44. The van der Waals surface area contributed by atoms with E-state index >= 15 is 0 Å². The van der Waals surface area contributed by atoms with Crippen molar-refractivity contribution in [2.45, 2.75) is 65.7 Å². The SMILES string of the molecule is CC.CCC(NCCCCCCN)=C1CC1. The van der Waals surface area contributed by atoms with Crippen LogP contribution < -0.4 is 11.1 Å². The van der Waals surface area contributed by atoms with Gasteiger partial charge in [0.2, 0.25) is 0 Å². The lowest BCUT2D eigenvalue weighted by Crippen LogP contribution is -2.14. The van der Waals surface area contributed by atoms with Crippen LogP contribution in [0.2, 0.25) is 0 Å². The predicted octanol–water partition coefficient (Wildman–Crippen LogP) is 3.58. The molecule has 0 heterocycles. The number of unbranched alkanes of at least 4 members (excludes halogenated alkanes) is 3. The van der Waals surface area contributed by atoms with E-state index in [4.69, 9.17) is 5.73 Å². The summed E-state index contributed by atoms with van der Waals surface area (Å²) in [5.74, 6) is 0. The Bertz CT molecular complexity index is 179. The molecule has 0 aromatic rings. The smallest absolute Gasteiger partial charge is 0.0143 e. The van der Waals surface area contributed by atoms with Crippen LogP contribution in [0, 0.1) is 0 Å². The van der Waals surface area contributed by atoms with Gasteiger partial charge in [-0.3, -0.25) is 0 Å². The first-order chi connectivity index (χ1) is 7.88. The first-order valence-electron chi connectivity index (χ1n) is 7.03. The monoisotopic (exact) mass is 226 g/mol. The van der Waals surface area contributed by atoms with E-state index in [1.54, 1.807) is 5.57 Å². The Balaban J connectivity index is 0.00000106. The van der Waals surface area contributed by atoms with Crippen molar-refractivity contribution in [3.05, 3.63) is 11.3 Å². The van der Waals surface area contributed by atoms with E-state index < -0.39 is 0 Å². The van der Waals surface area contributed by atoms with Crippen molar-refractivity contribution < 1.29 is 0 Å². The van der Waals surface area contributed by atoms with Crippen LogP contribution in [0.5, 0.6) is 0 Å². The van der Waals surface area contributed by atoms with Crippen molar-refractivity contribution in [3.8, 4) is 0 Å². The summed E-state index contributed by atoms with van der Waals surface area (Å²) in [6.45, 7) is 8.23. The second-order valence-corrected chi connectivity index (χ2v) is 4.07. The molecule has 0 aliphatic heterocycles. The normalized spacial score (nSPS) is 12.9. The van der Waals surface area contributed by atoms with Crippen molar-refractivity contribution in [1.82, 2.24) is 5.32 Å². The molecule has 0 aromatic carbocycles. The molecule has 1 aliphatic carbocycles. The molecular formula is C14H30N2. The average Bonchev–Trinajstić information content (AvgIpc) is 3.15. The van der Waals surface area contributed by atoms with Crippen LogP contribution >= 0.6 is 0 Å². The third-order valence-electron chi connectivity index (χ3n) is 2.75. The lowest BCUT2D eigenvalue weighted by molar-refractivity contribution is 0.616. The molecule has 0 amide bonds. The van der Waals surface area contributed by atoms with Gasteiger partial charge in [-0.05, 0) is 38.6 Å². The van der Waals surface area contributed by atoms with Crippen molar-refractivity contribution >= 4 is 0 Å². The zero-order valence-corrected chi connectivity index (χ0v) is 11.4. The Morgan fingerprint density at radius 3 is 2.25 bits per heavy atom. The second kappa shape index (κ2) is 11.0. The van der Waals surface area contributed by atoms with Crippen LogP contribution in [0.25, 0.3) is 0 Å². The van der Waals surface area contributed by atoms with Gasteiger partial charge in [0.15, 0.2) is 0 Å². The fraction of sp³-hybridized carbons (Fsp3) is 0.857. The van der Waals surface area contributed by atoms with Gasteiger partial charge in [-0.1, -0.05) is 39.2 Å². The largest absolute Gasteiger partial charge is 0.388 e. The molecule has 0 aromatic heterocycles. The summed E-state index contributed by atoms with van der Waals surface area (Å²) in [4.78, 5) is 0. The standard InChI is InChI=1S/C12H24N2.C2H6/c1-2-12(11-7-8-11)14-10-6-4-3-5-9-13;1-2/h14H,2-10,13H2,1H3;1-2H3. The van der Waals surface area contributed by atoms with Gasteiger partial charge in [-0.2, -0.15) is 0 Å². The molecular weight excluding hydrogens is 196 g/mol. The Kier molecular flexibility index (Phi) is 10.7. The zero-order valence-electron chi connectivity index (χ0n) is 11.4. The Hall–Kier alpha value is -0.500. The van der Waals surface area contributed by atoms with Crippen LogP contribution in [0.1, 0.15) is 65.7 Å². The summed E-state index contributed by atoms with van der Waals surface area (Å²) in [5.41, 5.74) is 8.62. The molecule has 0 bridgehead atoms. The molecule has 0 radical (unpaired) electrons. The van der Waals surface area contributed by atoms with Gasteiger partial charge < -0.3 is 11.1 Å². The highest BCUT2D eigenvalue weighted by Gasteiger charge is 2.15. The quantitative estimate of drug-likeness (QED) is 0.621. The Morgan fingerprint density at radius 1 is 1.12 bits per heavy atom. The van der Waals surface area contributed by atoms with Crippen molar-refractivity contribution in [3.63, 3.8) is 0 Å². The second-order valence-electron chi connectivity index (χ2n) is 4.07. The van der Waals surface area contributed by atoms with Crippen LogP contribution in [-0.4, -0.2) is 13.1 Å². The zero-order chi connectivity index (χ0) is 12.2. The fourth-order valence-electron chi connectivity index (χ4n) is 1.73. The minimum atomic E-state index is 0.845. The van der Waals surface area contributed by atoms with E-state index in [-0.39, 0.29) is 0 Å². The molecule has 1 aliphatic rings. The molecule has 3 N–H and O–H groups in total. The number of hydrogen-bond donors (Lipinski definition) is 2. The van der Waals surface area contributed by atoms with Gasteiger partial charge in [0.1, 0.15) is 0 Å². The summed E-state index contributed by atoms with van der Waals surface area (Å²) in [5, 5.41) is 3.56. The van der Waals surface area contributed by atoms with E-state index in [2.05, 4.69) is 12.2 Å². The minimum Gasteiger partial charge on any atom is -0.388 e. The number of nitrogens with two attached hydrogens (primary N) is 1. The molecule has 0 spiro atoms. The molecule has 2 nitrogen and oxygen atoms in total. The number of hydrogen-bond acceptors (Lipinski definition) is 2. The van der Waals surface area contributed by atoms with Crippen LogP contribution in [0.15, 0.2) is 11.3 Å². The Morgan fingerprint density at radius 2 is 1.75 bits per heavy atom. The van der Waals surface area contributed by atoms with Gasteiger partial charge in [0, 0.05) is 12.2 Å². The van der Waals surface area contributed by atoms with Crippen molar-refractivity contribution in [2.24, 2.45) is 5.73 Å². The first-order valence-corrected chi connectivity index (χ1v) is 7.03. The lowest BCUT2D eigenvalue weighted by atomic mass is 10.2. The summed E-state index contributed by atoms with van der Waals surface area (Å²) >= 11 is 0. The minimum absolute atomic E-state index is 0.845. The van der Waals surface area contributed by atoms with E-state index in [1.165, 1.54) is 50.6 Å². The maximum atomic E-state index is 5.44. The van der Waals surface area contributed by atoms with E-state index in [0.29, 0.717) is 0 Å². The van der Waals surface area contributed by atoms with E-state index in [1.807, 2.05) is 13.8 Å². The summed E-state index contributed by atoms with van der Waals surface area (Å²) in [6, 6.07) is 0. The molecule has 0 unspecified atom stereocenters. The van der Waals surface area contributed by atoms with Gasteiger partial charge in [-0.15, -0.1) is 0 Å². The number of allylic oxidation sites excluding steroid dienone is 2. The molecule has 0 atom stereocenters. The summed E-state index contributed by atoms with van der Waals surface area (Å²) < 4.78 is 0. The Labute approximate surface area is 102 Å². The van der Waals surface area contributed by atoms with Crippen molar-refractivity contribution in [1.29, 1.82) is 0 Å². The van der Waals surface area contributed by atoms with Crippen molar-refractivity contribution in [2.75, 3.05) is 13.1 Å². The van der Waals surface area contributed by atoms with Crippen LogP contribution in [0.4, 0.5) is 0 Å². The molecule has 0 saturated heterocycles. The molecule has 1 fully saturated rings. The number of rotatable bonds is 8.